The monoisotopic (exact) mass is 1010 g/mol. The van der Waals surface area contributed by atoms with Gasteiger partial charge in [0.25, 0.3) is 0 Å². The first-order chi connectivity index (χ1) is 32.7. The van der Waals surface area contributed by atoms with E-state index in [1.165, 1.54) is 25.3 Å². The number of rotatable bonds is 16. The third kappa shape index (κ3) is 11.7. The molecule has 0 unspecified atom stereocenters. The predicted octanol–water partition coefficient (Wildman–Crippen LogP) is -0.744. The van der Waals surface area contributed by atoms with Crippen molar-refractivity contribution in [3.05, 3.63) is 85.0 Å². The molecule has 2 aromatic carbocycles. The van der Waals surface area contributed by atoms with E-state index in [2.05, 4.69) is 40.5 Å². The summed E-state index contributed by atoms with van der Waals surface area (Å²) in [7, 11) is 10.5. The molecule has 0 saturated carbocycles. The van der Waals surface area contributed by atoms with Crippen molar-refractivity contribution in [1.82, 2.24) is 49.7 Å². The van der Waals surface area contributed by atoms with Crippen molar-refractivity contribution in [1.29, 1.82) is 0 Å². The number of fused-ring (bicyclic) bond motifs is 2. The maximum Gasteiger partial charge on any atom is 0.237 e. The maximum atomic E-state index is 12.8. The fourth-order valence-electron chi connectivity index (χ4n) is 8.08. The molecule has 2 amide bonds. The van der Waals surface area contributed by atoms with Gasteiger partial charge in [-0.05, 0) is 48.2 Å². The molecule has 0 spiro atoms. The number of hydrogen-bond donors (Lipinski definition) is 8. The fourth-order valence-corrected chi connectivity index (χ4v) is 8.08. The van der Waals surface area contributed by atoms with E-state index in [4.69, 9.17) is 30.4 Å². The summed E-state index contributed by atoms with van der Waals surface area (Å²) in [6, 6.07) is 11.0. The van der Waals surface area contributed by atoms with E-state index in [1.807, 2.05) is 52.5 Å². The Morgan fingerprint density at radius 2 is 1.00 bits per heavy atom. The van der Waals surface area contributed by atoms with Gasteiger partial charge in [0.15, 0.2) is 46.4 Å². The third-order valence-electron chi connectivity index (χ3n) is 11.7. The molecular weight excluding hydrogens is 955 g/mol. The van der Waals surface area contributed by atoms with Crippen LogP contribution in [0.1, 0.15) is 23.6 Å². The highest BCUT2D eigenvalue weighted by molar-refractivity contribution is 5.86. The molecule has 0 aliphatic carbocycles. The number of carbonyl (C=O) groups is 2. The van der Waals surface area contributed by atoms with Crippen molar-refractivity contribution in [2.45, 2.75) is 73.9 Å². The van der Waals surface area contributed by atoms with E-state index in [0.29, 0.717) is 58.3 Å². The van der Waals surface area contributed by atoms with Gasteiger partial charge in [-0.15, -0.1) is 24.8 Å². The number of anilines is 2. The van der Waals surface area contributed by atoms with Crippen molar-refractivity contribution in [3.8, 4) is 11.5 Å². The lowest BCUT2D eigenvalue weighted by atomic mass is 10.0. The number of methoxy groups -OCH3 is 2. The smallest absolute Gasteiger partial charge is 0.237 e. The fraction of sp³-hybridized carbons (Fsp3) is 0.455. The zero-order chi connectivity index (χ0) is 48.8. The summed E-state index contributed by atoms with van der Waals surface area (Å²) < 4.78 is 25.2. The van der Waals surface area contributed by atoms with Crippen LogP contribution in [-0.4, -0.2) is 175 Å². The molecule has 24 nitrogen and oxygen atoms in total. The number of imidazole rings is 2. The third-order valence-corrected chi connectivity index (χ3v) is 11.7. The molecule has 2 saturated heterocycles. The van der Waals surface area contributed by atoms with Gasteiger partial charge in [0.1, 0.15) is 48.6 Å². The number of aliphatic hydroxyl groups excluding tert-OH is 4. The van der Waals surface area contributed by atoms with Gasteiger partial charge in [-0.25, -0.2) is 29.9 Å². The van der Waals surface area contributed by atoms with Crippen LogP contribution in [0.3, 0.4) is 0 Å². The lowest BCUT2D eigenvalue weighted by Crippen LogP contribution is -2.53. The van der Waals surface area contributed by atoms with Gasteiger partial charge >= 0.3 is 0 Å². The summed E-state index contributed by atoms with van der Waals surface area (Å²) in [6.07, 6.45) is 0.499. The van der Waals surface area contributed by atoms with E-state index in [1.54, 1.807) is 57.4 Å². The highest BCUT2D eigenvalue weighted by Gasteiger charge is 2.47. The molecule has 6 heterocycles. The van der Waals surface area contributed by atoms with E-state index < -0.39 is 86.1 Å². The molecule has 10 N–H and O–H groups in total. The van der Waals surface area contributed by atoms with E-state index >= 15 is 0 Å². The first-order valence-electron chi connectivity index (χ1n) is 21.6. The summed E-state index contributed by atoms with van der Waals surface area (Å²) in [6.45, 7) is -0.812. The predicted molar refractivity (Wildman–Crippen MR) is 261 cm³/mol. The number of aliphatic hydroxyl groups is 4. The topological polar surface area (TPSA) is 322 Å². The van der Waals surface area contributed by atoms with Crippen LogP contribution in [0.25, 0.3) is 22.3 Å². The molecule has 4 aromatic heterocycles. The lowest BCUT2D eigenvalue weighted by Gasteiger charge is -2.23. The van der Waals surface area contributed by atoms with Gasteiger partial charge in [0.05, 0.1) is 64.3 Å². The number of nitrogens with one attached hydrogen (secondary N) is 2. The van der Waals surface area contributed by atoms with Crippen LogP contribution < -0.4 is 41.4 Å². The lowest BCUT2D eigenvalue weighted by molar-refractivity contribution is -0.124. The van der Waals surface area contributed by atoms with Crippen molar-refractivity contribution < 1.29 is 49.0 Å². The van der Waals surface area contributed by atoms with Crippen molar-refractivity contribution in [2.24, 2.45) is 11.5 Å². The van der Waals surface area contributed by atoms with E-state index in [9.17, 15) is 30.0 Å². The molecule has 8 rings (SSSR count). The molecule has 10 atom stereocenters. The Morgan fingerprint density at radius 3 is 1.31 bits per heavy atom. The summed E-state index contributed by atoms with van der Waals surface area (Å²) in [5.74, 6) is 1.72. The number of carbonyl (C=O) groups excluding carboxylic acids is 2. The number of aromatic nitrogens is 8. The summed E-state index contributed by atoms with van der Waals surface area (Å²) in [4.78, 5) is 55.0. The Balaban J connectivity index is 0.000000254. The number of nitrogens with two attached hydrogens (primary N) is 2. The zero-order valence-electron chi connectivity index (χ0n) is 39.2. The Labute approximate surface area is 415 Å². The first-order valence-corrected chi connectivity index (χ1v) is 21.6. The van der Waals surface area contributed by atoms with Crippen LogP contribution in [0.2, 0.25) is 0 Å². The van der Waals surface area contributed by atoms with Crippen molar-refractivity contribution in [2.75, 3.05) is 65.4 Å². The van der Waals surface area contributed by atoms with Crippen LogP contribution in [0.5, 0.6) is 11.5 Å². The Bertz CT molecular complexity index is 2470. The number of halogens is 2. The minimum absolute atomic E-state index is 0. The number of amides is 2. The quantitative estimate of drug-likeness (QED) is 0.0592. The van der Waals surface area contributed by atoms with Gasteiger partial charge in [0.2, 0.25) is 11.8 Å². The largest absolute Gasteiger partial charge is 0.497 e. The van der Waals surface area contributed by atoms with Gasteiger partial charge in [-0.3, -0.25) is 18.7 Å². The number of benzene rings is 2. The second-order valence-corrected chi connectivity index (χ2v) is 16.7. The summed E-state index contributed by atoms with van der Waals surface area (Å²) in [5.41, 5.74) is 16.0. The Hall–Kier alpha value is -6.06. The van der Waals surface area contributed by atoms with Gasteiger partial charge in [-0.2, -0.15) is 0 Å². The summed E-state index contributed by atoms with van der Waals surface area (Å²) in [5, 5.41) is 47.2. The molecule has 70 heavy (non-hydrogen) atoms. The molecule has 26 heteroatoms. The standard InChI is InChI=1S/2C22H29N7O5.2ClH/c2*1-28(2)19-17-20(25-10-24-19)29(11-26-17)22-18(31)16(15(9-30)34-22)27-21(32)14(23)8-12-4-6-13(33-3)7-5-12;;/h2*4-7,10-11,14-16,18,22,30-31H,8-9,23H2,1-3H3,(H,27,32);2*1H/t2*14-,15+,16+,18+,22+;;/m00../s1. The molecule has 2 aliphatic heterocycles. The molecule has 6 aromatic rings. The van der Waals surface area contributed by atoms with E-state index in [0.717, 1.165) is 11.1 Å². The minimum Gasteiger partial charge on any atom is -0.497 e. The highest BCUT2D eigenvalue weighted by Crippen LogP contribution is 2.34. The molecular formula is C44H60Cl2N14O10. The van der Waals surface area contributed by atoms with Gasteiger partial charge < -0.3 is 71.3 Å². The highest BCUT2D eigenvalue weighted by atomic mass is 35.5. The maximum absolute atomic E-state index is 12.8. The van der Waals surface area contributed by atoms with Crippen LogP contribution >= 0.6 is 24.8 Å². The van der Waals surface area contributed by atoms with Crippen molar-refractivity contribution in [3.63, 3.8) is 0 Å². The molecule has 2 aliphatic rings. The van der Waals surface area contributed by atoms with Crippen molar-refractivity contribution >= 4 is 70.6 Å². The second kappa shape index (κ2) is 24.2. The van der Waals surface area contributed by atoms with E-state index in [-0.39, 0.29) is 24.8 Å². The SMILES string of the molecule is COc1ccc(C[C@H](N)C(=O)N[C@H]2[C@@H](O)[C@H](n3cnc4c(N(C)C)ncnc43)O[C@@H]2CO)cc1.COc1ccc(C[C@H](N)C(=O)N[C@H]2[C@@H](O)[C@H](n3cnc4c(N(C)C)ncnc43)O[C@@H]2CO)cc1.Cl.Cl. The summed E-state index contributed by atoms with van der Waals surface area (Å²) >= 11 is 0. The van der Waals surface area contributed by atoms with Crippen LogP contribution in [0.15, 0.2) is 73.8 Å². The molecule has 2 fully saturated rings. The van der Waals surface area contributed by atoms with Crippen LogP contribution in [-0.2, 0) is 31.9 Å². The van der Waals surface area contributed by atoms with Gasteiger partial charge in [-0.1, -0.05) is 24.3 Å². The number of ether oxygens (including phenoxy) is 4. The van der Waals surface area contributed by atoms with Crippen LogP contribution in [0.4, 0.5) is 11.6 Å². The minimum atomic E-state index is -1.18. The van der Waals surface area contributed by atoms with Gasteiger partial charge in [0, 0.05) is 28.2 Å². The average molecular weight is 1020 g/mol. The number of nitrogens with zero attached hydrogens (tertiary/aromatic N) is 10. The normalized spacial score (nSPS) is 22.5. The molecule has 380 valence electrons. The second-order valence-electron chi connectivity index (χ2n) is 16.7. The Kier molecular flexibility index (Phi) is 19.0. The van der Waals surface area contributed by atoms with Crippen LogP contribution in [0, 0.1) is 0 Å². The molecule has 0 radical (unpaired) electrons. The first kappa shape index (κ1) is 54.9. The molecule has 0 bridgehead atoms. The number of hydrogen-bond acceptors (Lipinski definition) is 20. The average Bonchev–Trinajstić information content (AvgIpc) is 4.12. The zero-order valence-corrected chi connectivity index (χ0v) is 40.8. The Morgan fingerprint density at radius 1 is 0.643 bits per heavy atom.